The maximum absolute atomic E-state index is 11.8. The van der Waals surface area contributed by atoms with Crippen LogP contribution in [0.4, 0.5) is 0 Å². The first-order valence-electron chi connectivity index (χ1n) is 5.53. The Labute approximate surface area is 122 Å². The van der Waals surface area contributed by atoms with Gasteiger partial charge in [0.15, 0.2) is 0 Å². The first kappa shape index (κ1) is 13.8. The van der Waals surface area contributed by atoms with Crippen molar-refractivity contribution >= 4 is 39.1 Å². The molecule has 98 valence electrons. The van der Waals surface area contributed by atoms with Crippen LogP contribution in [0.3, 0.4) is 0 Å². The molecule has 19 heavy (non-hydrogen) atoms. The molecule has 0 fully saturated rings. The van der Waals surface area contributed by atoms with Gasteiger partial charge in [-0.25, -0.2) is 0 Å². The molecule has 6 heteroatoms. The second kappa shape index (κ2) is 6.49. The van der Waals surface area contributed by atoms with Crippen molar-refractivity contribution in [3.63, 3.8) is 0 Å². The van der Waals surface area contributed by atoms with Crippen LogP contribution in [0.1, 0.15) is 15.2 Å². The van der Waals surface area contributed by atoms with E-state index in [1.165, 1.54) is 11.3 Å². The molecule has 1 heterocycles. The van der Waals surface area contributed by atoms with Gasteiger partial charge < -0.3 is 0 Å². The highest BCUT2D eigenvalue weighted by Crippen LogP contribution is 2.15. The number of amides is 2. The van der Waals surface area contributed by atoms with Crippen LogP contribution in [0, 0.1) is 0 Å². The van der Waals surface area contributed by atoms with Crippen molar-refractivity contribution in [1.29, 1.82) is 0 Å². The lowest BCUT2D eigenvalue weighted by Crippen LogP contribution is -2.42. The maximum atomic E-state index is 11.8. The van der Waals surface area contributed by atoms with Gasteiger partial charge in [-0.05, 0) is 39.5 Å². The Bertz CT molecular complexity index is 584. The Hall–Kier alpha value is -1.66. The van der Waals surface area contributed by atoms with Crippen LogP contribution in [0.25, 0.3) is 0 Å². The molecule has 0 spiro atoms. The third-order valence-electron chi connectivity index (χ3n) is 2.35. The van der Waals surface area contributed by atoms with Gasteiger partial charge in [-0.1, -0.05) is 18.2 Å². The summed E-state index contributed by atoms with van der Waals surface area (Å²) in [5, 5.41) is 1.91. The SMILES string of the molecule is O=C(Cc1cccs1)NNC(=O)c1ccccc1Br. The average molecular weight is 339 g/mol. The van der Waals surface area contributed by atoms with E-state index >= 15 is 0 Å². The summed E-state index contributed by atoms with van der Waals surface area (Å²) in [5.74, 6) is -0.602. The minimum absolute atomic E-state index is 0.247. The van der Waals surface area contributed by atoms with Gasteiger partial charge in [0.25, 0.3) is 5.91 Å². The first-order valence-corrected chi connectivity index (χ1v) is 7.20. The van der Waals surface area contributed by atoms with Crippen LogP contribution < -0.4 is 10.9 Å². The minimum Gasteiger partial charge on any atom is -0.273 e. The lowest BCUT2D eigenvalue weighted by Gasteiger charge is -2.07. The van der Waals surface area contributed by atoms with Gasteiger partial charge in [-0.2, -0.15) is 0 Å². The number of rotatable bonds is 3. The maximum Gasteiger partial charge on any atom is 0.270 e. The Morgan fingerprint density at radius 2 is 1.89 bits per heavy atom. The largest absolute Gasteiger partial charge is 0.273 e. The normalized spacial score (nSPS) is 9.95. The summed E-state index contributed by atoms with van der Waals surface area (Å²) in [6, 6.07) is 10.8. The van der Waals surface area contributed by atoms with E-state index in [-0.39, 0.29) is 18.2 Å². The molecule has 2 rings (SSSR count). The summed E-state index contributed by atoms with van der Waals surface area (Å²) in [6.07, 6.45) is 0.258. The molecule has 2 aromatic rings. The molecular formula is C13H11BrN2O2S. The molecule has 0 saturated carbocycles. The van der Waals surface area contributed by atoms with E-state index in [1.54, 1.807) is 18.2 Å². The van der Waals surface area contributed by atoms with Crippen LogP contribution in [0.15, 0.2) is 46.3 Å². The number of carbonyl (C=O) groups excluding carboxylic acids is 2. The molecule has 0 aliphatic carbocycles. The van der Waals surface area contributed by atoms with E-state index in [9.17, 15) is 9.59 Å². The van der Waals surface area contributed by atoms with Gasteiger partial charge in [0.2, 0.25) is 5.91 Å². The zero-order valence-corrected chi connectivity index (χ0v) is 12.3. The highest BCUT2D eigenvalue weighted by molar-refractivity contribution is 9.10. The number of halogens is 1. The van der Waals surface area contributed by atoms with Gasteiger partial charge in [-0.3, -0.25) is 20.4 Å². The number of nitrogens with one attached hydrogen (secondary N) is 2. The summed E-state index contributed by atoms with van der Waals surface area (Å²) in [6.45, 7) is 0. The predicted octanol–water partition coefficient (Wildman–Crippen LogP) is 2.51. The van der Waals surface area contributed by atoms with E-state index < -0.39 is 0 Å². The number of thiophene rings is 1. The topological polar surface area (TPSA) is 58.2 Å². The van der Waals surface area contributed by atoms with Gasteiger partial charge in [-0.15, -0.1) is 11.3 Å². The van der Waals surface area contributed by atoms with Crippen LogP contribution in [0.2, 0.25) is 0 Å². The number of hydrogen-bond acceptors (Lipinski definition) is 3. The number of benzene rings is 1. The summed E-state index contributed by atoms with van der Waals surface area (Å²) in [7, 11) is 0. The first-order chi connectivity index (χ1) is 9.16. The fraction of sp³-hybridized carbons (Fsp3) is 0.0769. The quantitative estimate of drug-likeness (QED) is 0.845. The lowest BCUT2D eigenvalue weighted by molar-refractivity contribution is -0.121. The molecule has 0 aliphatic heterocycles. The third-order valence-corrected chi connectivity index (χ3v) is 3.92. The summed E-state index contributed by atoms with van der Waals surface area (Å²) >= 11 is 4.78. The van der Waals surface area contributed by atoms with Crippen molar-refractivity contribution < 1.29 is 9.59 Å². The second-order valence-electron chi connectivity index (χ2n) is 3.74. The lowest BCUT2D eigenvalue weighted by atomic mass is 10.2. The molecule has 0 saturated heterocycles. The molecule has 0 atom stereocenters. The summed E-state index contributed by atoms with van der Waals surface area (Å²) < 4.78 is 0.681. The Morgan fingerprint density at radius 3 is 2.58 bits per heavy atom. The molecule has 0 bridgehead atoms. The molecule has 2 N–H and O–H groups in total. The molecule has 1 aromatic carbocycles. The molecule has 0 radical (unpaired) electrons. The highest BCUT2D eigenvalue weighted by atomic mass is 79.9. The van der Waals surface area contributed by atoms with Crippen molar-refractivity contribution in [1.82, 2.24) is 10.9 Å². The fourth-order valence-corrected chi connectivity index (χ4v) is 2.62. The minimum atomic E-state index is -0.355. The Morgan fingerprint density at radius 1 is 1.11 bits per heavy atom. The van der Waals surface area contributed by atoms with Crippen molar-refractivity contribution in [3.8, 4) is 0 Å². The van der Waals surface area contributed by atoms with Crippen molar-refractivity contribution in [3.05, 3.63) is 56.7 Å². The second-order valence-corrected chi connectivity index (χ2v) is 5.62. The van der Waals surface area contributed by atoms with Crippen LogP contribution in [0.5, 0.6) is 0 Å². The monoisotopic (exact) mass is 338 g/mol. The smallest absolute Gasteiger partial charge is 0.270 e. The number of hydrazine groups is 1. The average Bonchev–Trinajstić information content (AvgIpc) is 2.89. The third kappa shape index (κ3) is 3.90. The van der Waals surface area contributed by atoms with Crippen molar-refractivity contribution in [2.24, 2.45) is 0 Å². The van der Waals surface area contributed by atoms with Crippen molar-refractivity contribution in [2.45, 2.75) is 6.42 Å². The van der Waals surface area contributed by atoms with Crippen LogP contribution in [-0.2, 0) is 11.2 Å². The van der Waals surface area contributed by atoms with E-state index in [4.69, 9.17) is 0 Å². The molecule has 2 amide bonds. The van der Waals surface area contributed by atoms with E-state index in [0.29, 0.717) is 10.0 Å². The standard InChI is InChI=1S/C13H11BrN2O2S/c14-11-6-2-1-5-10(11)13(18)16-15-12(17)8-9-4-3-7-19-9/h1-7H,8H2,(H,15,17)(H,16,18). The van der Waals surface area contributed by atoms with Gasteiger partial charge in [0, 0.05) is 9.35 Å². The van der Waals surface area contributed by atoms with Crippen LogP contribution in [-0.4, -0.2) is 11.8 Å². The summed E-state index contributed by atoms with van der Waals surface area (Å²) in [4.78, 5) is 24.4. The molecule has 0 unspecified atom stereocenters. The highest BCUT2D eigenvalue weighted by Gasteiger charge is 2.10. The number of hydrogen-bond donors (Lipinski definition) is 2. The molecule has 4 nitrogen and oxygen atoms in total. The van der Waals surface area contributed by atoms with Crippen molar-refractivity contribution in [2.75, 3.05) is 0 Å². The van der Waals surface area contributed by atoms with E-state index in [0.717, 1.165) is 4.88 Å². The van der Waals surface area contributed by atoms with E-state index in [2.05, 4.69) is 26.8 Å². The Kier molecular flexibility index (Phi) is 4.70. The zero-order chi connectivity index (χ0) is 13.7. The molecule has 0 aliphatic rings. The Balaban J connectivity index is 1.87. The molecule has 1 aromatic heterocycles. The van der Waals surface area contributed by atoms with Crippen LogP contribution >= 0.6 is 27.3 Å². The van der Waals surface area contributed by atoms with E-state index in [1.807, 2.05) is 23.6 Å². The zero-order valence-electron chi connectivity index (χ0n) is 9.85. The van der Waals surface area contributed by atoms with Gasteiger partial charge in [0.05, 0.1) is 12.0 Å². The predicted molar refractivity (Wildman–Crippen MR) is 77.8 cm³/mol. The fourth-order valence-electron chi connectivity index (χ4n) is 1.45. The number of carbonyl (C=O) groups is 2. The molecular weight excluding hydrogens is 328 g/mol. The summed E-state index contributed by atoms with van der Waals surface area (Å²) in [5.41, 5.74) is 5.25. The van der Waals surface area contributed by atoms with Gasteiger partial charge in [0.1, 0.15) is 0 Å². The van der Waals surface area contributed by atoms with Gasteiger partial charge >= 0.3 is 0 Å².